The predicted molar refractivity (Wildman–Crippen MR) is 115 cm³/mol. The Balaban J connectivity index is 1.55. The van der Waals surface area contributed by atoms with E-state index in [0.717, 1.165) is 37.7 Å². The van der Waals surface area contributed by atoms with Crippen molar-refractivity contribution in [1.29, 1.82) is 0 Å². The molecule has 0 aliphatic carbocycles. The fourth-order valence-corrected chi connectivity index (χ4v) is 3.82. The number of nitrogens with zero attached hydrogens (tertiary/aromatic N) is 2. The molecule has 6 heteroatoms. The van der Waals surface area contributed by atoms with Gasteiger partial charge in [-0.15, -0.1) is 0 Å². The quantitative estimate of drug-likeness (QED) is 0.461. The summed E-state index contributed by atoms with van der Waals surface area (Å²) in [5.41, 5.74) is 2.55. The van der Waals surface area contributed by atoms with Crippen LogP contribution in [0.15, 0.2) is 54.6 Å². The van der Waals surface area contributed by atoms with Crippen molar-refractivity contribution in [2.45, 2.75) is 13.0 Å². The molecule has 0 N–H and O–H groups in total. The predicted octanol–water partition coefficient (Wildman–Crippen LogP) is 3.63. The Bertz CT molecular complexity index is 746. The van der Waals surface area contributed by atoms with Gasteiger partial charge in [0.15, 0.2) is 0 Å². The van der Waals surface area contributed by atoms with Gasteiger partial charge in [0.2, 0.25) is 0 Å². The van der Waals surface area contributed by atoms with Gasteiger partial charge in [-0.2, -0.15) is 0 Å². The van der Waals surface area contributed by atoms with Crippen LogP contribution in [-0.4, -0.2) is 68.3 Å². The number of piperazine rings is 1. The number of rotatable bonds is 9. The maximum atomic E-state index is 11.3. The lowest BCUT2D eigenvalue weighted by Gasteiger charge is -2.39. The molecule has 0 amide bonds. The van der Waals surface area contributed by atoms with Crippen molar-refractivity contribution >= 4 is 17.6 Å². The summed E-state index contributed by atoms with van der Waals surface area (Å²) in [5.74, 6) is -0.300. The van der Waals surface area contributed by atoms with E-state index in [0.29, 0.717) is 13.2 Å². The van der Waals surface area contributed by atoms with Gasteiger partial charge in [-0.25, -0.2) is 4.79 Å². The minimum Gasteiger partial charge on any atom is -0.464 e. The third kappa shape index (κ3) is 6.54. The van der Waals surface area contributed by atoms with E-state index in [1.54, 1.807) is 6.92 Å². The summed E-state index contributed by atoms with van der Waals surface area (Å²) in [5, 5.41) is 0.758. The average Bonchev–Trinajstić information content (AvgIpc) is 2.75. The van der Waals surface area contributed by atoms with Crippen LogP contribution in [0.1, 0.15) is 24.1 Å². The zero-order chi connectivity index (χ0) is 20.5. The van der Waals surface area contributed by atoms with E-state index in [4.69, 9.17) is 21.1 Å². The van der Waals surface area contributed by atoms with Crippen LogP contribution in [0.25, 0.3) is 0 Å². The summed E-state index contributed by atoms with van der Waals surface area (Å²) in [7, 11) is 0. The molecule has 2 aromatic rings. The number of carbonyl (C=O) groups is 1. The summed E-state index contributed by atoms with van der Waals surface area (Å²) in [6.45, 7) is 7.47. The highest BCUT2D eigenvalue weighted by Crippen LogP contribution is 2.30. The highest BCUT2D eigenvalue weighted by Gasteiger charge is 2.26. The first-order valence-corrected chi connectivity index (χ1v) is 10.6. The number of halogens is 1. The molecule has 5 nitrogen and oxygen atoms in total. The molecule has 156 valence electrons. The summed E-state index contributed by atoms with van der Waals surface area (Å²) in [6, 6.07) is 19.0. The second-order valence-corrected chi connectivity index (χ2v) is 7.54. The largest absolute Gasteiger partial charge is 0.464 e. The van der Waals surface area contributed by atoms with Crippen LogP contribution in [0.2, 0.25) is 5.02 Å². The lowest BCUT2D eigenvalue weighted by molar-refractivity contribution is -0.148. The van der Waals surface area contributed by atoms with Crippen molar-refractivity contribution in [1.82, 2.24) is 9.80 Å². The van der Waals surface area contributed by atoms with Gasteiger partial charge in [-0.05, 0) is 30.2 Å². The van der Waals surface area contributed by atoms with Gasteiger partial charge >= 0.3 is 5.97 Å². The standard InChI is InChI=1S/C23H29ClN2O3/c1-2-29-22(27)18-28-17-16-25-12-14-26(15-13-25)23(19-6-4-3-5-7-19)20-8-10-21(24)11-9-20/h3-11,23H,2,12-18H2,1H3/t23-/m1/s1. The first-order chi connectivity index (χ1) is 14.2. The Morgan fingerprint density at radius 3 is 2.31 bits per heavy atom. The van der Waals surface area contributed by atoms with Gasteiger partial charge in [0.05, 0.1) is 19.3 Å². The highest BCUT2D eigenvalue weighted by molar-refractivity contribution is 6.30. The van der Waals surface area contributed by atoms with E-state index in [-0.39, 0.29) is 18.6 Å². The summed E-state index contributed by atoms with van der Waals surface area (Å²) < 4.78 is 10.3. The van der Waals surface area contributed by atoms with Crippen molar-refractivity contribution < 1.29 is 14.3 Å². The second kappa shape index (κ2) is 11.3. The number of esters is 1. The first kappa shape index (κ1) is 21.8. The number of benzene rings is 2. The van der Waals surface area contributed by atoms with Crippen molar-refractivity contribution in [2.75, 3.05) is 52.5 Å². The van der Waals surface area contributed by atoms with Crippen LogP contribution < -0.4 is 0 Å². The normalized spacial score (nSPS) is 16.5. The second-order valence-electron chi connectivity index (χ2n) is 7.10. The molecule has 1 saturated heterocycles. The molecule has 29 heavy (non-hydrogen) atoms. The molecule has 0 aromatic heterocycles. The van der Waals surface area contributed by atoms with Gasteiger partial charge in [-0.1, -0.05) is 54.1 Å². The Hall–Kier alpha value is -1.92. The van der Waals surface area contributed by atoms with Crippen LogP contribution in [0.5, 0.6) is 0 Å². The maximum Gasteiger partial charge on any atom is 0.332 e. The molecule has 3 rings (SSSR count). The van der Waals surface area contributed by atoms with Gasteiger partial charge in [0.25, 0.3) is 0 Å². The van der Waals surface area contributed by atoms with Gasteiger partial charge in [-0.3, -0.25) is 9.80 Å². The molecule has 0 unspecified atom stereocenters. The Morgan fingerprint density at radius 2 is 1.66 bits per heavy atom. The zero-order valence-electron chi connectivity index (χ0n) is 16.9. The van der Waals surface area contributed by atoms with Crippen LogP contribution in [0.3, 0.4) is 0 Å². The zero-order valence-corrected chi connectivity index (χ0v) is 17.7. The molecule has 1 atom stereocenters. The lowest BCUT2D eigenvalue weighted by atomic mass is 9.96. The molecule has 1 aliphatic rings. The summed E-state index contributed by atoms with van der Waals surface area (Å²) in [4.78, 5) is 16.2. The molecule has 0 radical (unpaired) electrons. The summed E-state index contributed by atoms with van der Waals surface area (Å²) >= 11 is 6.10. The van der Waals surface area contributed by atoms with E-state index >= 15 is 0 Å². The molecule has 0 saturated carbocycles. The molecular formula is C23H29ClN2O3. The molecule has 1 aliphatic heterocycles. The topological polar surface area (TPSA) is 42.0 Å². The maximum absolute atomic E-state index is 11.3. The Morgan fingerprint density at radius 1 is 1.00 bits per heavy atom. The molecule has 1 fully saturated rings. The molecule has 0 spiro atoms. The Kier molecular flexibility index (Phi) is 8.50. The van der Waals surface area contributed by atoms with Crippen LogP contribution >= 0.6 is 11.6 Å². The lowest BCUT2D eigenvalue weighted by Crippen LogP contribution is -2.48. The minimum atomic E-state index is -0.300. The van der Waals surface area contributed by atoms with E-state index in [2.05, 4.69) is 52.3 Å². The van der Waals surface area contributed by atoms with Crippen LogP contribution in [-0.2, 0) is 14.3 Å². The number of hydrogen-bond donors (Lipinski definition) is 0. The number of carbonyl (C=O) groups excluding carboxylic acids is 1. The fourth-order valence-electron chi connectivity index (χ4n) is 3.69. The highest BCUT2D eigenvalue weighted by atomic mass is 35.5. The van der Waals surface area contributed by atoms with Crippen molar-refractivity contribution in [2.24, 2.45) is 0 Å². The molecular weight excluding hydrogens is 388 g/mol. The monoisotopic (exact) mass is 416 g/mol. The van der Waals surface area contributed by atoms with Gasteiger partial charge < -0.3 is 9.47 Å². The van der Waals surface area contributed by atoms with Crippen LogP contribution in [0, 0.1) is 0 Å². The van der Waals surface area contributed by atoms with Crippen LogP contribution in [0.4, 0.5) is 0 Å². The third-order valence-corrected chi connectivity index (χ3v) is 5.40. The van der Waals surface area contributed by atoms with Crippen molar-refractivity contribution in [3.8, 4) is 0 Å². The Labute approximate surface area is 178 Å². The van der Waals surface area contributed by atoms with E-state index in [1.165, 1.54) is 11.1 Å². The van der Waals surface area contributed by atoms with Crippen molar-refractivity contribution in [3.05, 3.63) is 70.7 Å². The minimum absolute atomic E-state index is 0.0282. The van der Waals surface area contributed by atoms with Gasteiger partial charge in [0.1, 0.15) is 6.61 Å². The van der Waals surface area contributed by atoms with Crippen molar-refractivity contribution in [3.63, 3.8) is 0 Å². The fraction of sp³-hybridized carbons (Fsp3) is 0.435. The van der Waals surface area contributed by atoms with Gasteiger partial charge in [0, 0.05) is 37.7 Å². The van der Waals surface area contributed by atoms with E-state index in [1.807, 2.05) is 12.1 Å². The smallest absolute Gasteiger partial charge is 0.332 e. The number of hydrogen-bond acceptors (Lipinski definition) is 5. The third-order valence-electron chi connectivity index (χ3n) is 5.15. The summed E-state index contributed by atoms with van der Waals surface area (Å²) in [6.07, 6.45) is 0. The first-order valence-electron chi connectivity index (χ1n) is 10.2. The molecule has 2 aromatic carbocycles. The average molecular weight is 417 g/mol. The van der Waals surface area contributed by atoms with E-state index in [9.17, 15) is 4.79 Å². The SMILES string of the molecule is CCOC(=O)COCCN1CCN([C@H](c2ccccc2)c2ccc(Cl)cc2)CC1. The molecule has 1 heterocycles. The molecule has 0 bridgehead atoms. The number of ether oxygens (including phenoxy) is 2. The van der Waals surface area contributed by atoms with E-state index < -0.39 is 0 Å².